The number of carbonyl (C=O) groups is 1. The number of carbonyl (C=O) groups excluding carboxylic acids is 1. The second kappa shape index (κ2) is 5.40. The van der Waals surface area contributed by atoms with Crippen LogP contribution in [0.15, 0.2) is 18.2 Å². The lowest BCUT2D eigenvalue weighted by molar-refractivity contribution is -0.125. The van der Waals surface area contributed by atoms with Gasteiger partial charge in [0.15, 0.2) is 11.9 Å². The largest absolute Gasteiger partial charge is 0.497 e. The molecule has 5 heteroatoms. The fraction of sp³-hybridized carbons (Fsp3) is 0.353. The summed E-state index contributed by atoms with van der Waals surface area (Å²) in [5.74, 6) is 2.66. The van der Waals surface area contributed by atoms with Crippen molar-refractivity contribution >= 4 is 16.6 Å². The fourth-order valence-electron chi connectivity index (χ4n) is 2.78. The van der Waals surface area contributed by atoms with Gasteiger partial charge in [0.05, 0.1) is 26.7 Å². The molecule has 0 saturated carbocycles. The molecule has 0 bridgehead atoms. The summed E-state index contributed by atoms with van der Waals surface area (Å²) in [5.41, 5.74) is 0.765. The van der Waals surface area contributed by atoms with Gasteiger partial charge in [-0.05, 0) is 24.4 Å². The Morgan fingerprint density at radius 1 is 1.05 bits per heavy atom. The van der Waals surface area contributed by atoms with Crippen molar-refractivity contribution in [2.24, 2.45) is 0 Å². The van der Waals surface area contributed by atoms with Crippen LogP contribution in [0.3, 0.4) is 0 Å². The molecule has 22 heavy (non-hydrogen) atoms. The molecule has 1 aliphatic rings. The molecule has 2 aromatic rings. The second-order valence-electron chi connectivity index (χ2n) is 5.22. The van der Waals surface area contributed by atoms with Gasteiger partial charge in [-0.3, -0.25) is 4.79 Å². The monoisotopic (exact) mass is 302 g/mol. The standard InChI is InChI=1S/C17H18O5/c1-9-13(18)8-12-14(20-3)6-10-5-11(19-2)7-15(21-4)16(10)17(12)22-9/h5-7,9H,8H2,1-4H3/t9-/m1/s1. The summed E-state index contributed by atoms with van der Waals surface area (Å²) in [4.78, 5) is 12.0. The Kier molecular flexibility index (Phi) is 3.56. The van der Waals surface area contributed by atoms with Crippen LogP contribution in [0, 0.1) is 0 Å². The van der Waals surface area contributed by atoms with E-state index in [-0.39, 0.29) is 5.78 Å². The Morgan fingerprint density at radius 3 is 2.41 bits per heavy atom. The van der Waals surface area contributed by atoms with Crippen molar-refractivity contribution in [2.75, 3.05) is 21.3 Å². The van der Waals surface area contributed by atoms with Gasteiger partial charge in [-0.25, -0.2) is 0 Å². The number of methoxy groups -OCH3 is 3. The van der Waals surface area contributed by atoms with Gasteiger partial charge in [0.2, 0.25) is 0 Å². The maximum Gasteiger partial charge on any atom is 0.177 e. The fourth-order valence-corrected chi connectivity index (χ4v) is 2.78. The van der Waals surface area contributed by atoms with Crippen LogP contribution in [-0.2, 0) is 11.2 Å². The average Bonchev–Trinajstić information content (AvgIpc) is 2.54. The highest BCUT2D eigenvalue weighted by atomic mass is 16.5. The minimum Gasteiger partial charge on any atom is -0.497 e. The smallest absolute Gasteiger partial charge is 0.177 e. The first-order valence-electron chi connectivity index (χ1n) is 7.04. The first kappa shape index (κ1) is 14.5. The summed E-state index contributed by atoms with van der Waals surface area (Å²) in [6, 6.07) is 5.58. The number of fused-ring (bicyclic) bond motifs is 3. The molecule has 1 atom stereocenters. The van der Waals surface area contributed by atoms with Crippen molar-refractivity contribution in [3.05, 3.63) is 23.8 Å². The van der Waals surface area contributed by atoms with E-state index in [0.717, 1.165) is 16.3 Å². The number of ketones is 1. The summed E-state index contributed by atoms with van der Waals surface area (Å²) >= 11 is 0. The normalized spacial score (nSPS) is 16.9. The molecule has 2 aromatic carbocycles. The molecule has 0 aromatic heterocycles. The van der Waals surface area contributed by atoms with E-state index in [0.29, 0.717) is 29.4 Å². The average molecular weight is 302 g/mol. The highest BCUT2D eigenvalue weighted by Crippen LogP contribution is 2.45. The van der Waals surface area contributed by atoms with Crippen LogP contribution in [-0.4, -0.2) is 33.2 Å². The summed E-state index contributed by atoms with van der Waals surface area (Å²) in [7, 11) is 4.79. The molecular formula is C17H18O5. The van der Waals surface area contributed by atoms with Crippen molar-refractivity contribution in [3.8, 4) is 23.0 Å². The maximum atomic E-state index is 12.0. The van der Waals surface area contributed by atoms with Crippen LogP contribution in [0.25, 0.3) is 10.8 Å². The van der Waals surface area contributed by atoms with E-state index < -0.39 is 6.10 Å². The third-order valence-electron chi connectivity index (χ3n) is 3.97. The van der Waals surface area contributed by atoms with Gasteiger partial charge < -0.3 is 18.9 Å². The lowest BCUT2D eigenvalue weighted by Crippen LogP contribution is -2.30. The summed E-state index contributed by atoms with van der Waals surface area (Å²) in [6.45, 7) is 1.76. The Balaban J connectivity index is 2.37. The molecule has 0 spiro atoms. The molecule has 116 valence electrons. The maximum absolute atomic E-state index is 12.0. The number of ether oxygens (including phenoxy) is 4. The summed E-state index contributed by atoms with van der Waals surface area (Å²) < 4.78 is 22.1. The lowest BCUT2D eigenvalue weighted by Gasteiger charge is -2.26. The van der Waals surface area contributed by atoms with E-state index in [1.165, 1.54) is 0 Å². The highest BCUT2D eigenvalue weighted by molar-refractivity contribution is 6.00. The first-order chi connectivity index (χ1) is 10.6. The third kappa shape index (κ3) is 2.13. The van der Waals surface area contributed by atoms with E-state index in [9.17, 15) is 4.79 Å². The zero-order chi connectivity index (χ0) is 15.9. The van der Waals surface area contributed by atoms with Gasteiger partial charge in [-0.15, -0.1) is 0 Å². The number of hydrogen-bond acceptors (Lipinski definition) is 5. The number of benzene rings is 2. The molecule has 0 N–H and O–H groups in total. The van der Waals surface area contributed by atoms with Crippen LogP contribution in [0.4, 0.5) is 0 Å². The van der Waals surface area contributed by atoms with Crippen molar-refractivity contribution in [2.45, 2.75) is 19.4 Å². The Labute approximate surface area is 128 Å². The van der Waals surface area contributed by atoms with E-state index in [1.54, 1.807) is 34.3 Å². The van der Waals surface area contributed by atoms with E-state index in [2.05, 4.69) is 0 Å². The topological polar surface area (TPSA) is 54.0 Å². The van der Waals surface area contributed by atoms with Gasteiger partial charge in [0, 0.05) is 18.1 Å². The van der Waals surface area contributed by atoms with Gasteiger partial charge in [0.1, 0.15) is 23.0 Å². The molecule has 3 rings (SSSR count). The molecule has 0 amide bonds. The minimum absolute atomic E-state index is 0.0395. The lowest BCUT2D eigenvalue weighted by atomic mass is 9.95. The first-order valence-corrected chi connectivity index (χ1v) is 7.04. The Morgan fingerprint density at radius 2 is 1.77 bits per heavy atom. The summed E-state index contributed by atoms with van der Waals surface area (Å²) in [6.07, 6.45) is -0.181. The minimum atomic E-state index is -0.477. The van der Waals surface area contributed by atoms with E-state index >= 15 is 0 Å². The molecular weight excluding hydrogens is 284 g/mol. The highest BCUT2D eigenvalue weighted by Gasteiger charge is 2.30. The van der Waals surface area contributed by atoms with Gasteiger partial charge in [0.25, 0.3) is 0 Å². The molecule has 0 radical (unpaired) electrons. The molecule has 0 fully saturated rings. The molecule has 1 aliphatic heterocycles. The SMILES string of the molecule is COc1cc(OC)c2c3c(c(OC)cc2c1)CC(=O)[C@@H](C)O3. The third-order valence-corrected chi connectivity index (χ3v) is 3.97. The quantitative estimate of drug-likeness (QED) is 0.872. The van der Waals surface area contributed by atoms with Gasteiger partial charge >= 0.3 is 0 Å². The predicted octanol–water partition coefficient (Wildman–Crippen LogP) is 2.76. The van der Waals surface area contributed by atoms with Crippen molar-refractivity contribution in [1.82, 2.24) is 0 Å². The summed E-state index contributed by atoms with van der Waals surface area (Å²) in [5, 5.41) is 1.71. The van der Waals surface area contributed by atoms with Crippen molar-refractivity contribution in [3.63, 3.8) is 0 Å². The van der Waals surface area contributed by atoms with Crippen LogP contribution in [0.2, 0.25) is 0 Å². The van der Waals surface area contributed by atoms with Gasteiger partial charge in [-0.1, -0.05) is 0 Å². The Hall–Kier alpha value is -2.43. The zero-order valence-electron chi connectivity index (χ0n) is 13.1. The number of rotatable bonds is 3. The predicted molar refractivity (Wildman–Crippen MR) is 82.4 cm³/mol. The van der Waals surface area contributed by atoms with E-state index in [1.807, 2.05) is 12.1 Å². The van der Waals surface area contributed by atoms with Crippen LogP contribution in [0.5, 0.6) is 23.0 Å². The van der Waals surface area contributed by atoms with Crippen molar-refractivity contribution in [1.29, 1.82) is 0 Å². The number of hydrogen-bond donors (Lipinski definition) is 0. The number of Topliss-reactive ketones (excluding diaryl/α,β-unsaturated/α-hetero) is 1. The molecule has 0 unspecified atom stereocenters. The second-order valence-corrected chi connectivity index (χ2v) is 5.22. The molecule has 0 aliphatic carbocycles. The molecule has 5 nitrogen and oxygen atoms in total. The zero-order valence-corrected chi connectivity index (χ0v) is 13.1. The van der Waals surface area contributed by atoms with E-state index in [4.69, 9.17) is 18.9 Å². The van der Waals surface area contributed by atoms with Crippen LogP contribution >= 0.6 is 0 Å². The Bertz CT molecular complexity index is 751. The van der Waals surface area contributed by atoms with Crippen molar-refractivity contribution < 1.29 is 23.7 Å². The van der Waals surface area contributed by atoms with Crippen LogP contribution < -0.4 is 18.9 Å². The molecule has 0 saturated heterocycles. The van der Waals surface area contributed by atoms with Gasteiger partial charge in [-0.2, -0.15) is 0 Å². The molecule has 1 heterocycles. The van der Waals surface area contributed by atoms with Crippen LogP contribution in [0.1, 0.15) is 12.5 Å².